The number of piperidine rings is 1. The van der Waals surface area contributed by atoms with Crippen LogP contribution in [0.5, 0.6) is 0 Å². The Hall–Kier alpha value is -0.960. The average Bonchev–Trinajstić information content (AvgIpc) is 3.21. The summed E-state index contributed by atoms with van der Waals surface area (Å²) in [6.45, 7) is 5.99. The molecule has 1 amide bonds. The number of ether oxygens (including phenoxy) is 1. The fourth-order valence-corrected chi connectivity index (χ4v) is 5.87. The number of carbonyl (C=O) groups excluding carboxylic acids is 1. The van der Waals surface area contributed by atoms with Gasteiger partial charge in [0.25, 0.3) is 5.91 Å². The first kappa shape index (κ1) is 22.7. The van der Waals surface area contributed by atoms with E-state index in [4.69, 9.17) is 4.74 Å². The summed E-state index contributed by atoms with van der Waals surface area (Å²) >= 11 is 3.46. The Kier molecular flexibility index (Phi) is 7.41. The van der Waals surface area contributed by atoms with E-state index in [0.717, 1.165) is 48.7 Å². The third-order valence-corrected chi connectivity index (χ3v) is 8.79. The highest BCUT2D eigenvalue weighted by Crippen LogP contribution is 2.39. The zero-order valence-electron chi connectivity index (χ0n) is 17.2. The zero-order chi connectivity index (χ0) is 21.1. The van der Waals surface area contributed by atoms with Crippen molar-refractivity contribution in [2.24, 2.45) is 5.41 Å². The fraction of sp³-hybridized carbons (Fsp3) is 0.667. The number of nitrogens with one attached hydrogen (secondary N) is 1. The van der Waals surface area contributed by atoms with Gasteiger partial charge < -0.3 is 10.1 Å². The Balaban J connectivity index is 1.71. The van der Waals surface area contributed by atoms with Crippen molar-refractivity contribution in [2.75, 3.05) is 32.0 Å². The van der Waals surface area contributed by atoms with Crippen LogP contribution in [0.15, 0.2) is 22.7 Å². The van der Waals surface area contributed by atoms with Crippen LogP contribution >= 0.6 is 15.9 Å². The number of amides is 1. The number of hydrogen-bond acceptors (Lipinski definition) is 4. The van der Waals surface area contributed by atoms with Gasteiger partial charge in [0.05, 0.1) is 17.4 Å². The summed E-state index contributed by atoms with van der Waals surface area (Å²) in [5, 5.41) is 3.13. The summed E-state index contributed by atoms with van der Waals surface area (Å²) in [5.41, 5.74) is 1.52. The lowest BCUT2D eigenvalue weighted by Gasteiger charge is -2.42. The molecule has 2 fully saturated rings. The molecule has 1 aromatic carbocycles. The van der Waals surface area contributed by atoms with Gasteiger partial charge in [-0.3, -0.25) is 4.79 Å². The van der Waals surface area contributed by atoms with Gasteiger partial charge in [0.1, 0.15) is 0 Å². The topological polar surface area (TPSA) is 75.7 Å². The molecule has 2 saturated heterocycles. The predicted molar refractivity (Wildman–Crippen MR) is 118 cm³/mol. The predicted octanol–water partition coefficient (Wildman–Crippen LogP) is 3.49. The number of sulfonamides is 1. The molecule has 1 atom stereocenters. The van der Waals surface area contributed by atoms with Gasteiger partial charge >= 0.3 is 0 Å². The maximum atomic E-state index is 12.8. The highest BCUT2D eigenvalue weighted by molar-refractivity contribution is 9.10. The summed E-state index contributed by atoms with van der Waals surface area (Å²) < 4.78 is 32.8. The molecule has 2 aliphatic rings. The van der Waals surface area contributed by atoms with Crippen LogP contribution in [0.2, 0.25) is 0 Å². The smallest absolute Gasteiger partial charge is 0.252 e. The molecule has 0 radical (unpaired) electrons. The normalized spacial score (nSPS) is 22.5. The Morgan fingerprint density at radius 1 is 1.34 bits per heavy atom. The minimum absolute atomic E-state index is 0.101. The lowest BCUT2D eigenvalue weighted by atomic mass is 9.74. The lowest BCUT2D eigenvalue weighted by molar-refractivity contribution is 0.0361. The van der Waals surface area contributed by atoms with E-state index in [0.29, 0.717) is 25.2 Å². The third-order valence-electron chi connectivity index (χ3n) is 6.22. The van der Waals surface area contributed by atoms with Crippen molar-refractivity contribution in [3.63, 3.8) is 0 Å². The molecule has 1 N–H and O–H groups in total. The summed E-state index contributed by atoms with van der Waals surface area (Å²) in [4.78, 5) is 12.8. The number of nitrogens with zero attached hydrogens (tertiary/aromatic N) is 1. The van der Waals surface area contributed by atoms with Gasteiger partial charge in [-0.2, -0.15) is 0 Å². The second-order valence-corrected chi connectivity index (χ2v) is 11.4. The first-order valence-electron chi connectivity index (χ1n) is 10.4. The molecular weight excluding hydrogens is 456 g/mol. The van der Waals surface area contributed by atoms with Gasteiger partial charge in [-0.25, -0.2) is 12.7 Å². The molecule has 2 heterocycles. The molecule has 0 aromatic heterocycles. The van der Waals surface area contributed by atoms with Crippen LogP contribution in [-0.2, 0) is 14.8 Å². The van der Waals surface area contributed by atoms with E-state index < -0.39 is 10.0 Å². The molecule has 1 aromatic rings. The van der Waals surface area contributed by atoms with Crippen LogP contribution in [0.3, 0.4) is 0 Å². The van der Waals surface area contributed by atoms with Gasteiger partial charge in [-0.1, -0.05) is 11.6 Å². The van der Waals surface area contributed by atoms with Gasteiger partial charge in [-0.05, 0) is 79.4 Å². The van der Waals surface area contributed by atoms with Crippen LogP contribution in [0.1, 0.15) is 54.9 Å². The Morgan fingerprint density at radius 3 is 2.69 bits per heavy atom. The SMILES string of the molecule is CCS(=O)(=O)N1CCC(CNC(=O)c2cc(C)ccc2Br)(CC2CCCO2)CC1. The molecule has 162 valence electrons. The zero-order valence-corrected chi connectivity index (χ0v) is 19.6. The molecule has 1 unspecified atom stereocenters. The Bertz CT molecular complexity index is 829. The quantitative estimate of drug-likeness (QED) is 0.639. The molecule has 3 rings (SSSR count). The number of carbonyl (C=O) groups is 1. The minimum Gasteiger partial charge on any atom is -0.378 e. The summed E-state index contributed by atoms with van der Waals surface area (Å²) in [5.74, 6) is 0.0278. The van der Waals surface area contributed by atoms with Crippen molar-refractivity contribution in [1.29, 1.82) is 0 Å². The maximum absolute atomic E-state index is 12.8. The largest absolute Gasteiger partial charge is 0.378 e. The van der Waals surface area contributed by atoms with Crippen molar-refractivity contribution in [3.05, 3.63) is 33.8 Å². The van der Waals surface area contributed by atoms with Crippen molar-refractivity contribution in [1.82, 2.24) is 9.62 Å². The number of benzene rings is 1. The van der Waals surface area contributed by atoms with Crippen LogP contribution in [0.25, 0.3) is 0 Å². The summed E-state index contributed by atoms with van der Waals surface area (Å²) in [6.07, 6.45) is 4.65. The van der Waals surface area contributed by atoms with E-state index in [2.05, 4.69) is 21.2 Å². The van der Waals surface area contributed by atoms with Crippen LogP contribution in [-0.4, -0.2) is 56.7 Å². The van der Waals surface area contributed by atoms with Crippen molar-refractivity contribution in [2.45, 2.75) is 52.1 Å². The average molecular weight is 487 g/mol. The highest BCUT2D eigenvalue weighted by Gasteiger charge is 2.40. The molecule has 0 aliphatic carbocycles. The highest BCUT2D eigenvalue weighted by atomic mass is 79.9. The van der Waals surface area contributed by atoms with Crippen LogP contribution in [0, 0.1) is 12.3 Å². The third kappa shape index (κ3) is 5.60. The number of rotatable bonds is 7. The lowest BCUT2D eigenvalue weighted by Crippen LogP contribution is -2.49. The molecule has 6 nitrogen and oxygen atoms in total. The van der Waals surface area contributed by atoms with Crippen molar-refractivity contribution in [3.8, 4) is 0 Å². The minimum atomic E-state index is -3.17. The van der Waals surface area contributed by atoms with Crippen molar-refractivity contribution >= 4 is 31.9 Å². The van der Waals surface area contributed by atoms with Crippen molar-refractivity contribution < 1.29 is 17.9 Å². The van der Waals surface area contributed by atoms with Gasteiger partial charge in [-0.15, -0.1) is 0 Å². The molecular formula is C21H31BrN2O4S. The second-order valence-electron chi connectivity index (χ2n) is 8.30. The number of aryl methyl sites for hydroxylation is 1. The first-order chi connectivity index (χ1) is 13.7. The van der Waals surface area contributed by atoms with Gasteiger partial charge in [0, 0.05) is 30.7 Å². The van der Waals surface area contributed by atoms with E-state index in [1.54, 1.807) is 11.2 Å². The number of halogens is 1. The summed E-state index contributed by atoms with van der Waals surface area (Å²) in [7, 11) is -3.17. The molecule has 0 bridgehead atoms. The number of hydrogen-bond donors (Lipinski definition) is 1. The molecule has 0 saturated carbocycles. The van der Waals surface area contributed by atoms with Crippen LogP contribution in [0.4, 0.5) is 0 Å². The van der Waals surface area contributed by atoms with Crippen LogP contribution < -0.4 is 5.32 Å². The molecule has 29 heavy (non-hydrogen) atoms. The second kappa shape index (κ2) is 9.45. The fourth-order valence-electron chi connectivity index (χ4n) is 4.34. The monoisotopic (exact) mass is 486 g/mol. The Morgan fingerprint density at radius 2 is 2.07 bits per heavy atom. The van der Waals surface area contributed by atoms with E-state index in [-0.39, 0.29) is 23.2 Å². The molecule has 8 heteroatoms. The van der Waals surface area contributed by atoms with E-state index >= 15 is 0 Å². The molecule has 0 spiro atoms. The van der Waals surface area contributed by atoms with Gasteiger partial charge in [0.2, 0.25) is 10.0 Å². The van der Waals surface area contributed by atoms with Gasteiger partial charge in [0.15, 0.2) is 0 Å². The van der Waals surface area contributed by atoms with E-state index in [1.807, 2.05) is 25.1 Å². The molecule has 2 aliphatic heterocycles. The summed E-state index contributed by atoms with van der Waals surface area (Å²) in [6, 6.07) is 5.73. The Labute approximate surface area is 182 Å². The first-order valence-corrected chi connectivity index (χ1v) is 12.8. The maximum Gasteiger partial charge on any atom is 0.252 e. The van der Waals surface area contributed by atoms with E-state index in [9.17, 15) is 13.2 Å². The standard InChI is InChI=1S/C21H31BrN2O4S/c1-3-29(26,27)24-10-8-21(9-11-24,14-17-5-4-12-28-17)15-23-20(25)18-13-16(2)6-7-19(18)22/h6-7,13,17H,3-5,8-12,14-15H2,1-2H3,(H,23,25). The van der Waals surface area contributed by atoms with E-state index in [1.165, 1.54) is 0 Å².